The van der Waals surface area contributed by atoms with Gasteiger partial charge >= 0.3 is 6.18 Å². The van der Waals surface area contributed by atoms with E-state index in [1.165, 1.54) is 31.4 Å². The molecule has 0 atom stereocenters. The van der Waals surface area contributed by atoms with Gasteiger partial charge in [0, 0.05) is 16.8 Å². The first-order valence-corrected chi connectivity index (χ1v) is 12.2. The molecule has 0 bridgehead atoms. The number of rotatable bonds is 5. The van der Waals surface area contributed by atoms with Crippen LogP contribution in [0, 0.1) is 20.8 Å². The third-order valence-electron chi connectivity index (χ3n) is 5.28. The Balaban J connectivity index is 0.000000778. The summed E-state index contributed by atoms with van der Waals surface area (Å²) in [6.45, 7) is 18.4. The number of pyridine rings is 1. The zero-order valence-electron chi connectivity index (χ0n) is 22.1. The van der Waals surface area contributed by atoms with E-state index in [1.807, 2.05) is 45.0 Å². The zero-order chi connectivity index (χ0) is 26.6. The van der Waals surface area contributed by atoms with Crippen LogP contribution in [-0.4, -0.2) is 4.98 Å². The molecule has 2 aromatic carbocycles. The quantitative estimate of drug-likeness (QED) is 0.390. The van der Waals surface area contributed by atoms with E-state index >= 15 is 0 Å². The zero-order valence-corrected chi connectivity index (χ0v) is 22.1. The lowest BCUT2D eigenvalue weighted by atomic mass is 10.0. The maximum atomic E-state index is 13.4. The maximum Gasteiger partial charge on any atom is 0.417 e. The molecule has 0 aliphatic carbocycles. The summed E-state index contributed by atoms with van der Waals surface area (Å²) in [6.07, 6.45) is -0.560. The molecule has 0 unspecified atom stereocenters. The van der Waals surface area contributed by atoms with Gasteiger partial charge in [0.25, 0.3) is 0 Å². The molecule has 3 rings (SSSR count). The molecule has 0 fully saturated rings. The largest absolute Gasteiger partial charge is 0.417 e. The normalized spacial score (nSPS) is 10.5. The van der Waals surface area contributed by atoms with Gasteiger partial charge in [-0.2, -0.15) is 13.2 Å². The molecule has 0 saturated carbocycles. The van der Waals surface area contributed by atoms with E-state index in [2.05, 4.69) is 44.6 Å². The van der Waals surface area contributed by atoms with Crippen LogP contribution in [0.4, 0.5) is 19.0 Å². The first kappa shape index (κ1) is 30.0. The number of unbranched alkanes of at least 4 members (excludes halogenated alkanes) is 1. The monoisotopic (exact) mass is 484 g/mol. The van der Waals surface area contributed by atoms with Crippen molar-refractivity contribution in [3.63, 3.8) is 0 Å². The van der Waals surface area contributed by atoms with Gasteiger partial charge in [0.05, 0.1) is 11.3 Å². The van der Waals surface area contributed by atoms with Crippen molar-refractivity contribution < 1.29 is 13.2 Å². The van der Waals surface area contributed by atoms with Crippen molar-refractivity contribution in [2.45, 2.75) is 73.9 Å². The van der Waals surface area contributed by atoms with Crippen molar-refractivity contribution in [1.29, 1.82) is 0 Å². The number of aryl methyl sites for hydroxylation is 2. The predicted molar refractivity (Wildman–Crippen MR) is 145 cm³/mol. The fourth-order valence-corrected chi connectivity index (χ4v) is 3.07. The molecular formula is C30H39F3N2. The molecule has 3 aromatic rings. The molecule has 0 aliphatic rings. The van der Waals surface area contributed by atoms with Crippen molar-refractivity contribution in [3.05, 3.63) is 89.0 Å². The summed E-state index contributed by atoms with van der Waals surface area (Å²) in [4.78, 5) is 4.50. The third-order valence-corrected chi connectivity index (χ3v) is 5.28. The number of hydrogen-bond acceptors (Lipinski definition) is 2. The van der Waals surface area contributed by atoms with E-state index in [-0.39, 0.29) is 11.3 Å². The summed E-state index contributed by atoms with van der Waals surface area (Å²) >= 11 is 0. The predicted octanol–water partition coefficient (Wildman–Crippen LogP) is 10.00. The number of halogens is 3. The lowest BCUT2D eigenvalue weighted by Gasteiger charge is -2.18. The highest BCUT2D eigenvalue weighted by molar-refractivity contribution is 5.78. The third kappa shape index (κ3) is 8.89. The molecule has 35 heavy (non-hydrogen) atoms. The SMILES string of the molecule is C=C(Nc1nc(-c2ccccc2C(F)(F)F)cc(C)c1C)c1ccccc1C.CCC.CCCC. The van der Waals surface area contributed by atoms with Gasteiger partial charge in [0.1, 0.15) is 5.82 Å². The summed E-state index contributed by atoms with van der Waals surface area (Å²) in [7, 11) is 0. The minimum Gasteiger partial charge on any atom is -0.340 e. The number of anilines is 1. The molecule has 1 N–H and O–H groups in total. The average molecular weight is 485 g/mol. The average Bonchev–Trinajstić information content (AvgIpc) is 2.82. The first-order valence-electron chi connectivity index (χ1n) is 12.2. The van der Waals surface area contributed by atoms with Gasteiger partial charge in [-0.1, -0.05) is 96.0 Å². The molecule has 0 radical (unpaired) electrons. The van der Waals surface area contributed by atoms with Gasteiger partial charge in [0.15, 0.2) is 0 Å². The molecule has 1 aromatic heterocycles. The smallest absolute Gasteiger partial charge is 0.340 e. The summed E-state index contributed by atoms with van der Waals surface area (Å²) in [6, 6.07) is 14.9. The maximum absolute atomic E-state index is 13.4. The van der Waals surface area contributed by atoms with Crippen molar-refractivity contribution in [2.24, 2.45) is 0 Å². The Morgan fingerprint density at radius 1 is 0.857 bits per heavy atom. The van der Waals surface area contributed by atoms with Gasteiger partial charge < -0.3 is 5.32 Å². The highest BCUT2D eigenvalue weighted by atomic mass is 19.4. The lowest BCUT2D eigenvalue weighted by Crippen LogP contribution is -2.09. The van der Waals surface area contributed by atoms with Gasteiger partial charge in [-0.15, -0.1) is 0 Å². The first-order chi connectivity index (χ1) is 16.5. The second-order valence-corrected chi connectivity index (χ2v) is 8.47. The lowest BCUT2D eigenvalue weighted by molar-refractivity contribution is -0.137. The van der Waals surface area contributed by atoms with E-state index in [0.29, 0.717) is 11.5 Å². The van der Waals surface area contributed by atoms with E-state index in [9.17, 15) is 13.2 Å². The number of nitrogens with one attached hydrogen (secondary N) is 1. The fraction of sp³-hybridized carbons (Fsp3) is 0.367. The number of alkyl halides is 3. The Morgan fingerprint density at radius 3 is 1.94 bits per heavy atom. The van der Waals surface area contributed by atoms with Gasteiger partial charge in [-0.25, -0.2) is 4.98 Å². The van der Waals surface area contributed by atoms with E-state index in [1.54, 1.807) is 12.1 Å². The van der Waals surface area contributed by atoms with Gasteiger partial charge in [0.2, 0.25) is 0 Å². The van der Waals surface area contributed by atoms with Gasteiger partial charge in [-0.05, 0) is 49.6 Å². The molecule has 1 heterocycles. The molecule has 0 aliphatic heterocycles. The van der Waals surface area contributed by atoms with E-state index in [4.69, 9.17) is 0 Å². The highest BCUT2D eigenvalue weighted by Gasteiger charge is 2.33. The van der Waals surface area contributed by atoms with Crippen LogP contribution in [0.25, 0.3) is 17.0 Å². The number of aromatic nitrogens is 1. The minimum atomic E-state index is -4.45. The van der Waals surface area contributed by atoms with Crippen molar-refractivity contribution >= 4 is 11.5 Å². The Kier molecular flexibility index (Phi) is 12.3. The Hall–Kier alpha value is -3.08. The summed E-state index contributed by atoms with van der Waals surface area (Å²) in [5.74, 6) is 0.500. The summed E-state index contributed by atoms with van der Waals surface area (Å²) in [5, 5.41) is 3.19. The van der Waals surface area contributed by atoms with Crippen LogP contribution in [0.1, 0.15) is 74.8 Å². The number of benzene rings is 2. The van der Waals surface area contributed by atoms with Crippen molar-refractivity contribution in [2.75, 3.05) is 5.32 Å². The van der Waals surface area contributed by atoms with Crippen molar-refractivity contribution in [3.8, 4) is 11.3 Å². The fourth-order valence-electron chi connectivity index (χ4n) is 3.07. The van der Waals surface area contributed by atoms with Crippen LogP contribution in [0.2, 0.25) is 0 Å². The molecular weight excluding hydrogens is 445 g/mol. The number of nitrogens with zero attached hydrogens (tertiary/aromatic N) is 1. The summed E-state index contributed by atoms with van der Waals surface area (Å²) in [5.41, 5.74) is 3.97. The Bertz CT molecular complexity index is 1080. The molecule has 0 saturated heterocycles. The minimum absolute atomic E-state index is 0.0580. The van der Waals surface area contributed by atoms with Crippen LogP contribution in [0.15, 0.2) is 61.2 Å². The van der Waals surface area contributed by atoms with Crippen molar-refractivity contribution in [1.82, 2.24) is 4.98 Å². The second kappa shape index (κ2) is 14.3. The van der Waals surface area contributed by atoms with Crippen LogP contribution < -0.4 is 5.32 Å². The molecule has 5 heteroatoms. The molecule has 190 valence electrons. The van der Waals surface area contributed by atoms with E-state index < -0.39 is 11.7 Å². The number of hydrogen-bond donors (Lipinski definition) is 1. The van der Waals surface area contributed by atoms with Crippen LogP contribution in [-0.2, 0) is 6.18 Å². The highest BCUT2D eigenvalue weighted by Crippen LogP contribution is 2.37. The van der Waals surface area contributed by atoms with Gasteiger partial charge in [-0.3, -0.25) is 0 Å². The molecule has 0 spiro atoms. The Morgan fingerprint density at radius 2 is 1.40 bits per heavy atom. The Labute approximate surface area is 209 Å². The van der Waals surface area contributed by atoms with Crippen LogP contribution in [0.3, 0.4) is 0 Å². The topological polar surface area (TPSA) is 24.9 Å². The van der Waals surface area contributed by atoms with Crippen LogP contribution >= 0.6 is 0 Å². The summed E-state index contributed by atoms with van der Waals surface area (Å²) < 4.78 is 40.3. The molecule has 2 nitrogen and oxygen atoms in total. The second-order valence-electron chi connectivity index (χ2n) is 8.47. The standard InChI is InChI=1S/C23H21F3N2.C4H10.C3H8/c1-14-9-5-6-10-18(14)17(4)27-22-16(3)15(2)13-21(28-22)19-11-7-8-12-20(19)23(24,25)26;1-3-4-2;1-3-2/h5-13H,4H2,1-3H3,(H,27,28);3-4H2,1-2H3;3H2,1-2H3. The molecule has 0 amide bonds. The van der Waals surface area contributed by atoms with E-state index in [0.717, 1.165) is 28.3 Å². The van der Waals surface area contributed by atoms with Crippen LogP contribution in [0.5, 0.6) is 0 Å².